The summed E-state index contributed by atoms with van der Waals surface area (Å²) in [4.78, 5) is 4.34. The first-order valence-corrected chi connectivity index (χ1v) is 6.45. The molecule has 0 aliphatic heterocycles. The van der Waals surface area contributed by atoms with E-state index >= 15 is 0 Å². The summed E-state index contributed by atoms with van der Waals surface area (Å²) in [5.74, 6) is 1.43. The van der Waals surface area contributed by atoms with Gasteiger partial charge in [-0.2, -0.15) is 4.98 Å². The molecule has 0 spiro atoms. The lowest BCUT2D eigenvalue weighted by Crippen LogP contribution is -2.07. The lowest BCUT2D eigenvalue weighted by molar-refractivity contribution is 0.371. The number of nitrogens with zero attached hydrogens (tertiary/aromatic N) is 3. The molecule has 0 bridgehead atoms. The molecule has 0 aliphatic carbocycles. The Morgan fingerprint density at radius 3 is 3.00 bits per heavy atom. The minimum absolute atomic E-state index is 0.104. The van der Waals surface area contributed by atoms with Crippen molar-refractivity contribution in [1.82, 2.24) is 14.7 Å². The third-order valence-electron chi connectivity index (χ3n) is 2.94. The number of rotatable bonds is 6. The molecule has 1 atom stereocenters. The highest BCUT2D eigenvalue weighted by Crippen LogP contribution is 2.14. The molecule has 5 nitrogen and oxygen atoms in total. The highest BCUT2D eigenvalue weighted by Gasteiger charge is 2.08. The molecule has 0 saturated heterocycles. The van der Waals surface area contributed by atoms with Gasteiger partial charge in [0.05, 0.1) is 6.54 Å². The Morgan fingerprint density at radius 1 is 1.44 bits per heavy atom. The van der Waals surface area contributed by atoms with E-state index in [-0.39, 0.29) is 6.04 Å². The molecule has 0 radical (unpaired) electrons. The average Bonchev–Trinajstić information content (AvgIpc) is 2.99. The Balaban J connectivity index is 2.01. The summed E-state index contributed by atoms with van der Waals surface area (Å²) < 4.78 is 7.19. The smallest absolute Gasteiger partial charge is 0.226 e. The third kappa shape index (κ3) is 2.98. The van der Waals surface area contributed by atoms with Crippen molar-refractivity contribution in [2.24, 2.45) is 5.73 Å². The third-order valence-corrected chi connectivity index (χ3v) is 2.94. The summed E-state index contributed by atoms with van der Waals surface area (Å²) in [6.07, 6.45) is 6.84. The summed E-state index contributed by atoms with van der Waals surface area (Å²) in [6, 6.07) is 2.15. The zero-order valence-electron chi connectivity index (χ0n) is 11.0. The molecule has 1 unspecified atom stereocenters. The first kappa shape index (κ1) is 12.8. The average molecular weight is 248 g/mol. The highest BCUT2D eigenvalue weighted by molar-refractivity contribution is 5.15. The van der Waals surface area contributed by atoms with Crippen LogP contribution in [0.5, 0.6) is 0 Å². The van der Waals surface area contributed by atoms with E-state index in [1.54, 1.807) is 0 Å². The van der Waals surface area contributed by atoms with Gasteiger partial charge in [-0.25, -0.2) is 0 Å². The van der Waals surface area contributed by atoms with E-state index in [2.05, 4.69) is 24.0 Å². The van der Waals surface area contributed by atoms with Crippen molar-refractivity contribution in [2.45, 2.75) is 45.7 Å². The van der Waals surface area contributed by atoms with Gasteiger partial charge < -0.3 is 14.8 Å². The van der Waals surface area contributed by atoms with E-state index in [9.17, 15) is 0 Å². The molecule has 2 rings (SSSR count). The summed E-state index contributed by atoms with van der Waals surface area (Å²) in [6.45, 7) is 4.80. The van der Waals surface area contributed by atoms with Crippen LogP contribution in [0.15, 0.2) is 23.0 Å². The Bertz CT molecular complexity index is 489. The molecule has 18 heavy (non-hydrogen) atoms. The van der Waals surface area contributed by atoms with E-state index in [0.717, 1.165) is 24.8 Å². The van der Waals surface area contributed by atoms with E-state index in [4.69, 9.17) is 10.3 Å². The topological polar surface area (TPSA) is 69.9 Å². The fraction of sp³-hybridized carbons (Fsp3) is 0.538. The van der Waals surface area contributed by atoms with Crippen LogP contribution < -0.4 is 5.73 Å². The molecule has 5 heteroatoms. The largest absolute Gasteiger partial charge is 0.346 e. The van der Waals surface area contributed by atoms with Gasteiger partial charge in [-0.05, 0) is 24.5 Å². The van der Waals surface area contributed by atoms with Crippen LogP contribution in [0, 0.1) is 0 Å². The van der Waals surface area contributed by atoms with Crippen LogP contribution in [0.2, 0.25) is 0 Å². The van der Waals surface area contributed by atoms with Crippen molar-refractivity contribution in [3.05, 3.63) is 35.7 Å². The number of hydrogen-bond acceptors (Lipinski definition) is 4. The Labute approximate surface area is 107 Å². The van der Waals surface area contributed by atoms with Gasteiger partial charge in [0, 0.05) is 24.9 Å². The van der Waals surface area contributed by atoms with E-state index in [1.807, 2.05) is 23.0 Å². The number of nitrogens with two attached hydrogens (primary N) is 1. The molecule has 0 fully saturated rings. The normalized spacial score (nSPS) is 12.8. The summed E-state index contributed by atoms with van der Waals surface area (Å²) in [5, 5.41) is 3.97. The predicted molar refractivity (Wildman–Crippen MR) is 69.0 cm³/mol. The van der Waals surface area contributed by atoms with Crippen LogP contribution in [0.25, 0.3) is 0 Å². The SMILES string of the molecule is CCCc1nc(Cn2ccc(C(N)CC)c2)no1. The second-order valence-electron chi connectivity index (χ2n) is 4.49. The highest BCUT2D eigenvalue weighted by atomic mass is 16.5. The maximum absolute atomic E-state index is 5.98. The first-order valence-electron chi connectivity index (χ1n) is 6.45. The van der Waals surface area contributed by atoms with Gasteiger partial charge in [-0.15, -0.1) is 0 Å². The van der Waals surface area contributed by atoms with Crippen molar-refractivity contribution in [3.63, 3.8) is 0 Å². The van der Waals surface area contributed by atoms with Gasteiger partial charge in [0.15, 0.2) is 5.82 Å². The van der Waals surface area contributed by atoms with Crippen molar-refractivity contribution in [1.29, 1.82) is 0 Å². The van der Waals surface area contributed by atoms with Gasteiger partial charge in [0.2, 0.25) is 5.89 Å². The van der Waals surface area contributed by atoms with Crippen LogP contribution in [-0.2, 0) is 13.0 Å². The molecule has 98 valence electrons. The molecular formula is C13H20N4O. The van der Waals surface area contributed by atoms with Gasteiger partial charge in [-0.1, -0.05) is 19.0 Å². The van der Waals surface area contributed by atoms with E-state index in [1.165, 1.54) is 0 Å². The van der Waals surface area contributed by atoms with Crippen LogP contribution >= 0.6 is 0 Å². The van der Waals surface area contributed by atoms with Crippen LogP contribution in [0.3, 0.4) is 0 Å². The monoisotopic (exact) mass is 248 g/mol. The molecule has 0 amide bonds. The summed E-state index contributed by atoms with van der Waals surface area (Å²) in [7, 11) is 0. The first-order chi connectivity index (χ1) is 8.72. The van der Waals surface area contributed by atoms with Crippen LogP contribution in [0.1, 0.15) is 50.0 Å². The lowest BCUT2D eigenvalue weighted by Gasteiger charge is -2.04. The summed E-state index contributed by atoms with van der Waals surface area (Å²) in [5.41, 5.74) is 7.13. The van der Waals surface area contributed by atoms with Gasteiger partial charge >= 0.3 is 0 Å². The Kier molecular flexibility index (Phi) is 4.15. The molecule has 0 saturated carbocycles. The van der Waals surface area contributed by atoms with Gasteiger partial charge in [0.1, 0.15) is 0 Å². The second kappa shape index (κ2) is 5.82. The predicted octanol–water partition coefficient (Wildman–Crippen LogP) is 2.28. The Morgan fingerprint density at radius 2 is 2.28 bits per heavy atom. The minimum Gasteiger partial charge on any atom is -0.346 e. The maximum Gasteiger partial charge on any atom is 0.226 e. The number of aromatic nitrogens is 3. The molecule has 2 N–H and O–H groups in total. The van der Waals surface area contributed by atoms with Gasteiger partial charge in [0.25, 0.3) is 0 Å². The lowest BCUT2D eigenvalue weighted by atomic mass is 10.1. The minimum atomic E-state index is 0.104. The molecule has 0 aliphatic rings. The van der Waals surface area contributed by atoms with E-state index < -0.39 is 0 Å². The zero-order valence-corrected chi connectivity index (χ0v) is 11.0. The summed E-state index contributed by atoms with van der Waals surface area (Å²) >= 11 is 0. The van der Waals surface area contributed by atoms with Crippen molar-refractivity contribution < 1.29 is 4.52 Å². The molecule has 2 aromatic heterocycles. The van der Waals surface area contributed by atoms with Crippen LogP contribution in [0.4, 0.5) is 0 Å². The molecule has 2 heterocycles. The molecular weight excluding hydrogens is 228 g/mol. The van der Waals surface area contributed by atoms with E-state index in [0.29, 0.717) is 18.3 Å². The molecule has 2 aromatic rings. The van der Waals surface area contributed by atoms with Crippen LogP contribution in [-0.4, -0.2) is 14.7 Å². The molecule has 0 aromatic carbocycles. The van der Waals surface area contributed by atoms with Crippen molar-refractivity contribution in [3.8, 4) is 0 Å². The maximum atomic E-state index is 5.98. The van der Waals surface area contributed by atoms with Gasteiger partial charge in [-0.3, -0.25) is 0 Å². The Hall–Kier alpha value is -1.62. The van der Waals surface area contributed by atoms with Crippen molar-refractivity contribution in [2.75, 3.05) is 0 Å². The fourth-order valence-corrected chi connectivity index (χ4v) is 1.85. The quantitative estimate of drug-likeness (QED) is 0.851. The fourth-order valence-electron chi connectivity index (χ4n) is 1.85. The number of aryl methyl sites for hydroxylation is 1. The number of hydrogen-bond donors (Lipinski definition) is 1. The van der Waals surface area contributed by atoms with Crippen molar-refractivity contribution >= 4 is 0 Å². The second-order valence-corrected chi connectivity index (χ2v) is 4.49. The standard InChI is InChI=1S/C13H20N4O/c1-3-5-13-15-12(16-18-13)9-17-7-6-10(8-17)11(14)4-2/h6-8,11H,3-5,9,14H2,1-2H3. The zero-order chi connectivity index (χ0) is 13.0.